The van der Waals surface area contributed by atoms with Gasteiger partial charge >= 0.3 is 0 Å². The molecule has 0 saturated carbocycles. The third-order valence-electron chi connectivity index (χ3n) is 4.20. The van der Waals surface area contributed by atoms with E-state index < -0.39 is 0 Å². The van der Waals surface area contributed by atoms with Gasteiger partial charge in [0.15, 0.2) is 0 Å². The fourth-order valence-corrected chi connectivity index (χ4v) is 2.69. The Kier molecular flexibility index (Phi) is 6.57. The number of methoxy groups -OCH3 is 1. The lowest BCUT2D eigenvalue weighted by Gasteiger charge is -2.04. The third kappa shape index (κ3) is 5.67. The summed E-state index contributed by atoms with van der Waals surface area (Å²) in [6.07, 6.45) is 3.21. The molecule has 0 aliphatic carbocycles. The van der Waals surface area contributed by atoms with Crippen molar-refractivity contribution >= 4 is 5.91 Å². The number of aryl methyl sites for hydroxylation is 1. The smallest absolute Gasteiger partial charge is 0.247 e. The molecule has 0 fully saturated rings. The van der Waals surface area contributed by atoms with E-state index in [2.05, 4.69) is 27.6 Å². The maximum absolute atomic E-state index is 12.0. The molecule has 2 aromatic carbocycles. The Hall–Kier alpha value is -3.15. The number of aromatic nitrogens is 2. The van der Waals surface area contributed by atoms with Crippen molar-refractivity contribution in [3.05, 3.63) is 66.1 Å². The zero-order valence-electron chi connectivity index (χ0n) is 15.4. The van der Waals surface area contributed by atoms with E-state index in [1.165, 1.54) is 5.56 Å². The van der Waals surface area contributed by atoms with Crippen LogP contribution in [0.25, 0.3) is 11.5 Å². The molecule has 0 atom stereocenters. The zero-order valence-corrected chi connectivity index (χ0v) is 15.4. The molecule has 1 heterocycles. The number of nitrogens with zero attached hydrogens (tertiary/aromatic N) is 2. The van der Waals surface area contributed by atoms with Crippen molar-refractivity contribution in [1.82, 2.24) is 15.5 Å². The van der Waals surface area contributed by atoms with E-state index in [1.54, 1.807) is 7.11 Å². The van der Waals surface area contributed by atoms with Crippen LogP contribution in [0.3, 0.4) is 0 Å². The lowest BCUT2D eigenvalue weighted by Crippen LogP contribution is -2.22. The molecule has 6 nitrogen and oxygen atoms in total. The highest BCUT2D eigenvalue weighted by atomic mass is 16.5. The Labute approximate surface area is 158 Å². The van der Waals surface area contributed by atoms with Gasteiger partial charge in [-0.05, 0) is 49.1 Å². The summed E-state index contributed by atoms with van der Waals surface area (Å²) in [5, 5.41) is 10.8. The summed E-state index contributed by atoms with van der Waals surface area (Å²) in [6, 6.07) is 17.6. The number of carbonyl (C=O) groups excluding carboxylic acids is 1. The van der Waals surface area contributed by atoms with Crippen molar-refractivity contribution in [3.63, 3.8) is 0 Å². The summed E-state index contributed by atoms with van der Waals surface area (Å²) in [5.74, 6) is 1.71. The first-order valence-corrected chi connectivity index (χ1v) is 9.02. The van der Waals surface area contributed by atoms with Gasteiger partial charge < -0.3 is 14.5 Å². The SMILES string of the molecule is COc1ccc(CCCCC(=O)NCc2nnc(-c3ccccc3)o2)cc1. The van der Waals surface area contributed by atoms with Crippen LogP contribution >= 0.6 is 0 Å². The van der Waals surface area contributed by atoms with Crippen LogP contribution in [0.5, 0.6) is 5.75 Å². The molecule has 140 valence electrons. The minimum atomic E-state index is -0.0100. The monoisotopic (exact) mass is 365 g/mol. The first kappa shape index (κ1) is 18.6. The maximum Gasteiger partial charge on any atom is 0.247 e. The fourth-order valence-electron chi connectivity index (χ4n) is 2.69. The molecule has 0 spiro atoms. The summed E-state index contributed by atoms with van der Waals surface area (Å²) in [6.45, 7) is 0.247. The lowest BCUT2D eigenvalue weighted by molar-refractivity contribution is -0.121. The van der Waals surface area contributed by atoms with Crippen molar-refractivity contribution in [2.45, 2.75) is 32.2 Å². The standard InChI is InChI=1S/C21H23N3O3/c1-26-18-13-11-16(12-14-18)7-5-6-10-19(25)22-15-20-23-24-21(27-20)17-8-3-2-4-9-17/h2-4,8-9,11-14H,5-7,10,15H2,1H3,(H,22,25). The first-order chi connectivity index (χ1) is 13.2. The van der Waals surface area contributed by atoms with Crippen molar-refractivity contribution < 1.29 is 13.9 Å². The van der Waals surface area contributed by atoms with Gasteiger partial charge in [-0.1, -0.05) is 30.3 Å². The van der Waals surface area contributed by atoms with Gasteiger partial charge in [0.2, 0.25) is 17.7 Å². The second-order valence-corrected chi connectivity index (χ2v) is 6.20. The number of nitrogens with one attached hydrogen (secondary N) is 1. The Morgan fingerprint density at radius 1 is 1.04 bits per heavy atom. The van der Waals surface area contributed by atoms with Crippen LogP contribution in [-0.2, 0) is 17.8 Å². The fraction of sp³-hybridized carbons (Fsp3) is 0.286. The molecule has 0 aliphatic rings. The van der Waals surface area contributed by atoms with E-state index in [0.29, 0.717) is 18.2 Å². The molecule has 27 heavy (non-hydrogen) atoms. The summed E-state index contributed by atoms with van der Waals surface area (Å²) in [4.78, 5) is 12.0. The van der Waals surface area contributed by atoms with Crippen molar-refractivity contribution in [1.29, 1.82) is 0 Å². The molecule has 0 bridgehead atoms. The third-order valence-corrected chi connectivity index (χ3v) is 4.20. The van der Waals surface area contributed by atoms with Crippen LogP contribution in [0.4, 0.5) is 0 Å². The average molecular weight is 365 g/mol. The van der Waals surface area contributed by atoms with E-state index in [0.717, 1.165) is 30.6 Å². The Morgan fingerprint density at radius 3 is 2.56 bits per heavy atom. The molecule has 3 aromatic rings. The predicted molar refractivity (Wildman–Crippen MR) is 102 cm³/mol. The highest BCUT2D eigenvalue weighted by Crippen LogP contribution is 2.17. The van der Waals surface area contributed by atoms with Crippen molar-refractivity contribution in [2.75, 3.05) is 7.11 Å². The van der Waals surface area contributed by atoms with Gasteiger partial charge in [-0.2, -0.15) is 0 Å². The number of benzene rings is 2. The minimum absolute atomic E-state index is 0.0100. The lowest BCUT2D eigenvalue weighted by atomic mass is 10.1. The Morgan fingerprint density at radius 2 is 1.81 bits per heavy atom. The molecule has 1 amide bonds. The number of unbranched alkanes of at least 4 members (excludes halogenated alkanes) is 1. The average Bonchev–Trinajstić information content (AvgIpc) is 3.20. The normalized spacial score (nSPS) is 10.6. The Bertz CT molecular complexity index is 845. The second kappa shape index (κ2) is 9.52. The van der Waals surface area contributed by atoms with E-state index in [1.807, 2.05) is 42.5 Å². The summed E-state index contributed by atoms with van der Waals surface area (Å²) in [7, 11) is 1.66. The van der Waals surface area contributed by atoms with Gasteiger partial charge in [-0.25, -0.2) is 0 Å². The number of carbonyl (C=O) groups is 1. The molecule has 6 heteroatoms. The second-order valence-electron chi connectivity index (χ2n) is 6.20. The van der Waals surface area contributed by atoms with E-state index in [-0.39, 0.29) is 12.5 Å². The quantitative estimate of drug-likeness (QED) is 0.584. The first-order valence-electron chi connectivity index (χ1n) is 9.02. The molecular formula is C21H23N3O3. The van der Waals surface area contributed by atoms with Gasteiger partial charge in [-0.15, -0.1) is 10.2 Å². The summed E-state index contributed by atoms with van der Waals surface area (Å²) >= 11 is 0. The van der Waals surface area contributed by atoms with Crippen LogP contribution in [0.15, 0.2) is 59.0 Å². The van der Waals surface area contributed by atoms with Crippen molar-refractivity contribution in [3.8, 4) is 17.2 Å². The largest absolute Gasteiger partial charge is 0.497 e. The van der Waals surface area contributed by atoms with Gasteiger partial charge in [0.1, 0.15) is 5.75 Å². The van der Waals surface area contributed by atoms with E-state index in [9.17, 15) is 4.79 Å². The maximum atomic E-state index is 12.0. The minimum Gasteiger partial charge on any atom is -0.497 e. The van der Waals surface area contributed by atoms with Gasteiger partial charge in [0.25, 0.3) is 0 Å². The number of hydrogen-bond acceptors (Lipinski definition) is 5. The van der Waals surface area contributed by atoms with Gasteiger partial charge in [-0.3, -0.25) is 4.79 Å². The van der Waals surface area contributed by atoms with Crippen LogP contribution in [0.2, 0.25) is 0 Å². The van der Waals surface area contributed by atoms with E-state index in [4.69, 9.17) is 9.15 Å². The van der Waals surface area contributed by atoms with Crippen LogP contribution in [0.1, 0.15) is 30.7 Å². The molecule has 1 N–H and O–H groups in total. The van der Waals surface area contributed by atoms with E-state index >= 15 is 0 Å². The number of rotatable bonds is 9. The predicted octanol–water partition coefficient (Wildman–Crippen LogP) is 3.77. The summed E-state index contributed by atoms with van der Waals surface area (Å²) < 4.78 is 10.7. The Balaban J connectivity index is 1.35. The van der Waals surface area contributed by atoms with Crippen LogP contribution < -0.4 is 10.1 Å². The molecule has 0 unspecified atom stereocenters. The molecule has 3 rings (SSSR count). The van der Waals surface area contributed by atoms with Gasteiger partial charge in [0, 0.05) is 12.0 Å². The van der Waals surface area contributed by atoms with Crippen LogP contribution in [-0.4, -0.2) is 23.2 Å². The number of hydrogen-bond donors (Lipinski definition) is 1. The molecule has 0 saturated heterocycles. The topological polar surface area (TPSA) is 77.2 Å². The summed E-state index contributed by atoms with van der Waals surface area (Å²) in [5.41, 5.74) is 2.11. The molecule has 1 aromatic heterocycles. The zero-order chi connectivity index (χ0) is 18.9. The van der Waals surface area contributed by atoms with Gasteiger partial charge in [0.05, 0.1) is 13.7 Å². The number of amides is 1. The number of ether oxygens (including phenoxy) is 1. The molecule has 0 radical (unpaired) electrons. The van der Waals surface area contributed by atoms with Crippen molar-refractivity contribution in [2.24, 2.45) is 0 Å². The molecular weight excluding hydrogens is 342 g/mol. The molecule has 0 aliphatic heterocycles. The van der Waals surface area contributed by atoms with Crippen LogP contribution in [0, 0.1) is 0 Å². The highest BCUT2D eigenvalue weighted by molar-refractivity contribution is 5.75. The highest BCUT2D eigenvalue weighted by Gasteiger charge is 2.09.